The average molecular weight is 374 g/mol. The molecule has 0 radical (unpaired) electrons. The summed E-state index contributed by atoms with van der Waals surface area (Å²) in [6, 6.07) is 11.7. The highest BCUT2D eigenvalue weighted by Gasteiger charge is 2.11. The zero-order valence-corrected chi connectivity index (χ0v) is 14.4. The molecule has 1 N–H and O–H groups in total. The number of ether oxygens (including phenoxy) is 2. The number of methoxy groups -OCH3 is 1. The van der Waals surface area contributed by atoms with Gasteiger partial charge in [0.15, 0.2) is 11.5 Å². The Balaban J connectivity index is 2.08. The fraction of sp³-hybridized carbons (Fsp3) is 0.176. The number of fused-ring (bicyclic) bond motifs is 1. The van der Waals surface area contributed by atoms with Crippen LogP contribution >= 0.6 is 15.9 Å². The van der Waals surface area contributed by atoms with Crippen LogP contribution in [0.25, 0.3) is 10.9 Å². The van der Waals surface area contributed by atoms with Crippen LogP contribution in [0.4, 0.5) is 11.5 Å². The van der Waals surface area contributed by atoms with E-state index in [9.17, 15) is 0 Å². The van der Waals surface area contributed by atoms with Crippen molar-refractivity contribution in [3.8, 4) is 11.5 Å². The van der Waals surface area contributed by atoms with E-state index >= 15 is 0 Å². The molecule has 2 aromatic carbocycles. The van der Waals surface area contributed by atoms with Crippen molar-refractivity contribution in [2.75, 3.05) is 19.0 Å². The quantitative estimate of drug-likeness (QED) is 0.711. The molecule has 0 amide bonds. The molecule has 0 aliphatic heterocycles. The summed E-state index contributed by atoms with van der Waals surface area (Å²) in [5, 5.41) is 4.19. The summed E-state index contributed by atoms with van der Waals surface area (Å²) in [6.07, 6.45) is 1.53. The Kier molecular flexibility index (Phi) is 4.62. The van der Waals surface area contributed by atoms with Crippen molar-refractivity contribution in [2.24, 2.45) is 0 Å². The normalized spacial score (nSPS) is 10.6. The molecule has 0 spiro atoms. The Bertz CT molecular complexity index is 839. The molecule has 1 aromatic heterocycles. The molecule has 0 saturated carbocycles. The SMILES string of the molecule is CCOc1cc2c(Nc3cccc(Br)c3)ncnc2cc1OC. The number of hydrogen-bond donors (Lipinski definition) is 1. The first-order valence-corrected chi connectivity index (χ1v) is 7.98. The molecule has 5 nitrogen and oxygen atoms in total. The maximum atomic E-state index is 5.64. The molecule has 3 aromatic rings. The predicted molar refractivity (Wildman–Crippen MR) is 94.7 cm³/mol. The molecule has 0 bridgehead atoms. The van der Waals surface area contributed by atoms with E-state index in [1.54, 1.807) is 7.11 Å². The van der Waals surface area contributed by atoms with Gasteiger partial charge in [0, 0.05) is 21.6 Å². The van der Waals surface area contributed by atoms with Crippen molar-refractivity contribution >= 4 is 38.3 Å². The van der Waals surface area contributed by atoms with Gasteiger partial charge in [-0.05, 0) is 31.2 Å². The summed E-state index contributed by atoms with van der Waals surface area (Å²) in [6.45, 7) is 2.50. The van der Waals surface area contributed by atoms with E-state index in [1.807, 2.05) is 43.3 Å². The lowest BCUT2D eigenvalue weighted by Gasteiger charge is -2.13. The first-order chi connectivity index (χ1) is 11.2. The molecule has 6 heteroatoms. The van der Waals surface area contributed by atoms with Crippen molar-refractivity contribution in [3.63, 3.8) is 0 Å². The van der Waals surface area contributed by atoms with Gasteiger partial charge in [-0.15, -0.1) is 0 Å². The molecule has 0 aliphatic rings. The third kappa shape index (κ3) is 3.37. The minimum absolute atomic E-state index is 0.559. The number of nitrogens with one attached hydrogen (secondary N) is 1. The predicted octanol–water partition coefficient (Wildman–Crippen LogP) is 4.54. The fourth-order valence-corrected chi connectivity index (χ4v) is 2.69. The van der Waals surface area contributed by atoms with Gasteiger partial charge < -0.3 is 14.8 Å². The van der Waals surface area contributed by atoms with Gasteiger partial charge >= 0.3 is 0 Å². The molecule has 0 saturated heterocycles. The van der Waals surface area contributed by atoms with Crippen LogP contribution in [0.5, 0.6) is 11.5 Å². The van der Waals surface area contributed by atoms with Crippen LogP contribution in [-0.2, 0) is 0 Å². The van der Waals surface area contributed by atoms with Crippen LogP contribution in [0.1, 0.15) is 6.92 Å². The van der Waals surface area contributed by atoms with Crippen LogP contribution in [0.2, 0.25) is 0 Å². The van der Waals surface area contributed by atoms with Crippen LogP contribution in [0, 0.1) is 0 Å². The van der Waals surface area contributed by atoms with Gasteiger partial charge in [0.25, 0.3) is 0 Å². The van der Waals surface area contributed by atoms with Crippen LogP contribution < -0.4 is 14.8 Å². The zero-order chi connectivity index (χ0) is 16.2. The van der Waals surface area contributed by atoms with E-state index in [-0.39, 0.29) is 0 Å². The van der Waals surface area contributed by atoms with Crippen LogP contribution in [-0.4, -0.2) is 23.7 Å². The van der Waals surface area contributed by atoms with Gasteiger partial charge in [0.2, 0.25) is 0 Å². The summed E-state index contributed by atoms with van der Waals surface area (Å²) in [7, 11) is 1.62. The molecular formula is C17H16BrN3O2. The Morgan fingerprint density at radius 3 is 2.74 bits per heavy atom. The molecule has 1 heterocycles. The highest BCUT2D eigenvalue weighted by Crippen LogP contribution is 2.34. The average Bonchev–Trinajstić information content (AvgIpc) is 2.55. The Hall–Kier alpha value is -2.34. The molecule has 0 aliphatic carbocycles. The molecule has 3 rings (SSSR count). The second-order valence-electron chi connectivity index (χ2n) is 4.81. The van der Waals surface area contributed by atoms with Crippen LogP contribution in [0.15, 0.2) is 47.2 Å². The second kappa shape index (κ2) is 6.83. The lowest BCUT2D eigenvalue weighted by molar-refractivity contribution is 0.311. The maximum Gasteiger partial charge on any atom is 0.162 e. The highest BCUT2D eigenvalue weighted by atomic mass is 79.9. The van der Waals surface area contributed by atoms with Gasteiger partial charge in [-0.1, -0.05) is 22.0 Å². The van der Waals surface area contributed by atoms with Crippen LogP contribution in [0.3, 0.4) is 0 Å². The molecule has 0 unspecified atom stereocenters. The van der Waals surface area contributed by atoms with Gasteiger partial charge in [-0.3, -0.25) is 0 Å². The first kappa shape index (κ1) is 15.6. The molecule has 23 heavy (non-hydrogen) atoms. The minimum Gasteiger partial charge on any atom is -0.493 e. The number of aromatic nitrogens is 2. The smallest absolute Gasteiger partial charge is 0.162 e. The number of hydrogen-bond acceptors (Lipinski definition) is 5. The van der Waals surface area contributed by atoms with Gasteiger partial charge in [-0.2, -0.15) is 0 Å². The largest absolute Gasteiger partial charge is 0.493 e. The Morgan fingerprint density at radius 2 is 2.00 bits per heavy atom. The van der Waals surface area contributed by atoms with E-state index in [0.717, 1.165) is 26.9 Å². The van der Waals surface area contributed by atoms with E-state index in [4.69, 9.17) is 9.47 Å². The van der Waals surface area contributed by atoms with Crippen molar-refractivity contribution in [1.29, 1.82) is 0 Å². The lowest BCUT2D eigenvalue weighted by Crippen LogP contribution is -1.99. The van der Waals surface area contributed by atoms with Gasteiger partial charge in [0.05, 0.1) is 19.2 Å². The lowest BCUT2D eigenvalue weighted by atomic mass is 10.2. The number of nitrogens with zero attached hydrogens (tertiary/aromatic N) is 2. The molecule has 118 valence electrons. The number of benzene rings is 2. The molecule has 0 atom stereocenters. The number of anilines is 2. The van der Waals surface area contributed by atoms with E-state index < -0.39 is 0 Å². The van der Waals surface area contributed by atoms with E-state index in [0.29, 0.717) is 18.1 Å². The van der Waals surface area contributed by atoms with Crippen molar-refractivity contribution in [3.05, 3.63) is 47.2 Å². The number of rotatable bonds is 5. The van der Waals surface area contributed by atoms with Crippen molar-refractivity contribution in [1.82, 2.24) is 9.97 Å². The Labute approximate surface area is 142 Å². The summed E-state index contributed by atoms with van der Waals surface area (Å²) < 4.78 is 12.0. The summed E-state index contributed by atoms with van der Waals surface area (Å²) in [4.78, 5) is 8.67. The van der Waals surface area contributed by atoms with E-state index in [1.165, 1.54) is 6.33 Å². The molecular weight excluding hydrogens is 358 g/mol. The van der Waals surface area contributed by atoms with Gasteiger partial charge in [0.1, 0.15) is 12.1 Å². The highest BCUT2D eigenvalue weighted by molar-refractivity contribution is 9.10. The zero-order valence-electron chi connectivity index (χ0n) is 12.8. The second-order valence-corrected chi connectivity index (χ2v) is 5.73. The van der Waals surface area contributed by atoms with Crippen molar-refractivity contribution in [2.45, 2.75) is 6.92 Å². The topological polar surface area (TPSA) is 56.3 Å². The summed E-state index contributed by atoms with van der Waals surface area (Å²) in [5.74, 6) is 2.05. The minimum atomic E-state index is 0.559. The summed E-state index contributed by atoms with van der Waals surface area (Å²) >= 11 is 3.47. The maximum absolute atomic E-state index is 5.64. The monoisotopic (exact) mass is 373 g/mol. The standard InChI is InChI=1S/C17H16BrN3O2/c1-3-23-16-8-13-14(9-15(16)22-2)19-10-20-17(13)21-12-6-4-5-11(18)7-12/h4-10H,3H2,1-2H3,(H,19,20,21). The van der Waals surface area contributed by atoms with E-state index in [2.05, 4.69) is 31.2 Å². The Morgan fingerprint density at radius 1 is 1.13 bits per heavy atom. The van der Waals surface area contributed by atoms with Gasteiger partial charge in [-0.25, -0.2) is 9.97 Å². The summed E-state index contributed by atoms with van der Waals surface area (Å²) in [5.41, 5.74) is 1.73. The third-order valence-electron chi connectivity index (χ3n) is 3.31. The number of halogens is 1. The first-order valence-electron chi connectivity index (χ1n) is 7.19. The van der Waals surface area contributed by atoms with Crippen molar-refractivity contribution < 1.29 is 9.47 Å². The third-order valence-corrected chi connectivity index (χ3v) is 3.80. The fourth-order valence-electron chi connectivity index (χ4n) is 2.29. The molecule has 0 fully saturated rings.